The van der Waals surface area contributed by atoms with Crippen LogP contribution >= 0.6 is 0 Å². The van der Waals surface area contributed by atoms with Gasteiger partial charge in [0.05, 0.1) is 30.8 Å². The van der Waals surface area contributed by atoms with E-state index in [1.165, 1.54) is 18.2 Å². The van der Waals surface area contributed by atoms with Gasteiger partial charge in [0.2, 0.25) is 5.88 Å². The molecule has 2 aromatic heterocycles. The third-order valence-electron chi connectivity index (χ3n) is 5.41. The van der Waals surface area contributed by atoms with Crippen LogP contribution in [0.3, 0.4) is 0 Å². The maximum absolute atomic E-state index is 14.4. The van der Waals surface area contributed by atoms with Crippen molar-refractivity contribution in [2.24, 2.45) is 0 Å². The minimum absolute atomic E-state index is 0.0182. The Hall–Kier alpha value is -4.44. The van der Waals surface area contributed by atoms with Crippen LogP contribution in [0.5, 0.6) is 11.6 Å². The van der Waals surface area contributed by atoms with Crippen LogP contribution in [0.25, 0.3) is 11.3 Å². The van der Waals surface area contributed by atoms with Crippen molar-refractivity contribution in [3.8, 4) is 22.9 Å². The van der Waals surface area contributed by atoms with Gasteiger partial charge in [0, 0.05) is 48.4 Å². The number of aromatic amines is 1. The lowest BCUT2D eigenvalue weighted by Crippen LogP contribution is -2.36. The van der Waals surface area contributed by atoms with Crippen molar-refractivity contribution in [1.82, 2.24) is 15.2 Å². The number of rotatable bonds is 6. The molecule has 1 saturated heterocycles. The highest BCUT2D eigenvalue weighted by Crippen LogP contribution is 2.27. The normalized spacial score (nSPS) is 13.3. The number of benzene rings is 2. The van der Waals surface area contributed by atoms with E-state index in [0.717, 1.165) is 24.3 Å². The Morgan fingerprint density at radius 2 is 1.91 bits per heavy atom. The molecule has 2 aromatic carbocycles. The highest BCUT2D eigenvalue weighted by molar-refractivity contribution is 6.00. The summed E-state index contributed by atoms with van der Waals surface area (Å²) in [6.45, 7) is 2.90. The van der Waals surface area contributed by atoms with Crippen LogP contribution in [0.15, 0.2) is 73.1 Å². The highest BCUT2D eigenvalue weighted by Gasteiger charge is 2.13. The van der Waals surface area contributed by atoms with Crippen molar-refractivity contribution < 1.29 is 18.7 Å². The van der Waals surface area contributed by atoms with Crippen LogP contribution in [0.1, 0.15) is 0 Å². The zero-order chi connectivity index (χ0) is 24.0. The van der Waals surface area contributed by atoms with Crippen LogP contribution in [0, 0.1) is 5.82 Å². The molecule has 178 valence electrons. The Bertz CT molecular complexity index is 1310. The molecule has 1 aliphatic heterocycles. The molecule has 0 radical (unpaired) electrons. The number of anilines is 3. The molecular formula is C25H23FN6O3. The van der Waals surface area contributed by atoms with Gasteiger partial charge >= 0.3 is 6.03 Å². The predicted octanol–water partition coefficient (Wildman–Crippen LogP) is 4.88. The SMILES string of the molecule is O=C(Nc1cccc(N2CCOCC2)c1)Nc1cc(Oc2cccc(-c3cn[nH]c3)n2)ccc1F. The number of pyridine rings is 1. The molecule has 3 N–H and O–H groups in total. The molecule has 1 fully saturated rings. The number of carbonyl (C=O) groups excluding carboxylic acids is 1. The lowest BCUT2D eigenvalue weighted by atomic mass is 10.2. The van der Waals surface area contributed by atoms with Gasteiger partial charge in [0.1, 0.15) is 11.6 Å². The number of urea groups is 1. The van der Waals surface area contributed by atoms with Gasteiger partial charge in [-0.15, -0.1) is 0 Å². The smallest absolute Gasteiger partial charge is 0.323 e. The zero-order valence-electron chi connectivity index (χ0n) is 18.7. The predicted molar refractivity (Wildman–Crippen MR) is 130 cm³/mol. The van der Waals surface area contributed by atoms with Gasteiger partial charge in [0.15, 0.2) is 0 Å². The van der Waals surface area contributed by atoms with E-state index in [0.29, 0.717) is 36.2 Å². The van der Waals surface area contributed by atoms with Crippen molar-refractivity contribution in [2.75, 3.05) is 41.8 Å². The second kappa shape index (κ2) is 10.2. The average Bonchev–Trinajstić information content (AvgIpc) is 3.42. The van der Waals surface area contributed by atoms with Crippen molar-refractivity contribution in [2.45, 2.75) is 0 Å². The standard InChI is InChI=1S/C25H23FN6O3/c26-21-8-7-20(35-24-6-2-5-22(30-24)17-15-27-28-16-17)14-23(21)31-25(33)29-18-3-1-4-19(13-18)32-9-11-34-12-10-32/h1-8,13-16H,9-12H2,(H,27,28)(H2,29,31,33). The first-order valence-corrected chi connectivity index (χ1v) is 11.1. The zero-order valence-corrected chi connectivity index (χ0v) is 18.7. The maximum Gasteiger partial charge on any atom is 0.323 e. The quantitative estimate of drug-likeness (QED) is 0.368. The molecule has 2 amide bonds. The monoisotopic (exact) mass is 474 g/mol. The Labute approximate surface area is 200 Å². The second-order valence-corrected chi connectivity index (χ2v) is 7.82. The fraction of sp³-hybridized carbons (Fsp3) is 0.160. The first-order chi connectivity index (χ1) is 17.1. The average molecular weight is 474 g/mol. The van der Waals surface area contributed by atoms with E-state index in [4.69, 9.17) is 9.47 Å². The molecule has 0 spiro atoms. The lowest BCUT2D eigenvalue weighted by Gasteiger charge is -2.29. The summed E-state index contributed by atoms with van der Waals surface area (Å²) in [5.74, 6) is 0.0631. The number of hydrogen-bond donors (Lipinski definition) is 3. The minimum atomic E-state index is -0.588. The van der Waals surface area contributed by atoms with Crippen molar-refractivity contribution in [3.05, 3.63) is 78.9 Å². The van der Waals surface area contributed by atoms with Crippen LogP contribution in [-0.2, 0) is 4.74 Å². The maximum atomic E-state index is 14.4. The number of halogens is 1. The van der Waals surface area contributed by atoms with Gasteiger partial charge in [-0.1, -0.05) is 12.1 Å². The van der Waals surface area contributed by atoms with Crippen LogP contribution in [0.2, 0.25) is 0 Å². The van der Waals surface area contributed by atoms with E-state index in [-0.39, 0.29) is 5.69 Å². The Morgan fingerprint density at radius 3 is 2.74 bits per heavy atom. The van der Waals surface area contributed by atoms with Crippen molar-refractivity contribution in [3.63, 3.8) is 0 Å². The van der Waals surface area contributed by atoms with Gasteiger partial charge in [-0.2, -0.15) is 5.10 Å². The number of carbonyl (C=O) groups is 1. The lowest BCUT2D eigenvalue weighted by molar-refractivity contribution is 0.122. The Balaban J connectivity index is 1.26. The summed E-state index contributed by atoms with van der Waals surface area (Å²) >= 11 is 0. The first kappa shape index (κ1) is 22.4. The molecule has 1 aliphatic rings. The van der Waals surface area contributed by atoms with E-state index in [2.05, 4.69) is 30.7 Å². The summed E-state index contributed by atoms with van der Waals surface area (Å²) < 4.78 is 25.6. The van der Waals surface area contributed by atoms with E-state index >= 15 is 0 Å². The van der Waals surface area contributed by atoms with Crippen molar-refractivity contribution in [1.29, 1.82) is 0 Å². The molecule has 0 saturated carbocycles. The molecule has 9 nitrogen and oxygen atoms in total. The van der Waals surface area contributed by atoms with E-state index in [9.17, 15) is 9.18 Å². The molecule has 4 aromatic rings. The fourth-order valence-corrected chi connectivity index (χ4v) is 3.69. The summed E-state index contributed by atoms with van der Waals surface area (Å²) in [7, 11) is 0. The molecule has 35 heavy (non-hydrogen) atoms. The molecular weight excluding hydrogens is 451 g/mol. The molecule has 3 heterocycles. The fourth-order valence-electron chi connectivity index (χ4n) is 3.69. The van der Waals surface area contributed by atoms with Gasteiger partial charge < -0.3 is 25.0 Å². The number of nitrogens with one attached hydrogen (secondary N) is 3. The van der Waals surface area contributed by atoms with Gasteiger partial charge in [-0.3, -0.25) is 5.10 Å². The van der Waals surface area contributed by atoms with Crippen LogP contribution in [0.4, 0.5) is 26.2 Å². The van der Waals surface area contributed by atoms with Gasteiger partial charge in [0.25, 0.3) is 0 Å². The first-order valence-electron chi connectivity index (χ1n) is 11.1. The number of hydrogen-bond acceptors (Lipinski definition) is 6. The van der Waals surface area contributed by atoms with Crippen molar-refractivity contribution >= 4 is 23.1 Å². The van der Waals surface area contributed by atoms with E-state index in [1.54, 1.807) is 30.6 Å². The molecule has 10 heteroatoms. The topological polar surface area (TPSA) is 104 Å². The largest absolute Gasteiger partial charge is 0.439 e. The molecule has 0 atom stereocenters. The Morgan fingerprint density at radius 1 is 1.06 bits per heavy atom. The number of morpholine rings is 1. The molecule has 0 aliphatic carbocycles. The number of H-pyrrole nitrogens is 1. The summed E-state index contributed by atoms with van der Waals surface area (Å²) in [5, 5.41) is 12.0. The van der Waals surface area contributed by atoms with Crippen LogP contribution in [-0.4, -0.2) is 47.5 Å². The Kier molecular flexibility index (Phi) is 6.53. The number of ether oxygens (including phenoxy) is 2. The number of amides is 2. The summed E-state index contributed by atoms with van der Waals surface area (Å²) in [4.78, 5) is 19.2. The van der Waals surface area contributed by atoms with Gasteiger partial charge in [-0.25, -0.2) is 14.2 Å². The minimum Gasteiger partial charge on any atom is -0.439 e. The second-order valence-electron chi connectivity index (χ2n) is 7.82. The van der Waals surface area contributed by atoms with E-state index < -0.39 is 11.8 Å². The summed E-state index contributed by atoms with van der Waals surface area (Å²) in [6, 6.07) is 16.3. The number of aromatic nitrogens is 3. The van der Waals surface area contributed by atoms with Crippen LogP contribution < -0.4 is 20.3 Å². The highest BCUT2D eigenvalue weighted by atomic mass is 19.1. The third kappa shape index (κ3) is 5.56. The summed E-state index contributed by atoms with van der Waals surface area (Å²) in [6.07, 6.45) is 3.38. The van der Waals surface area contributed by atoms with E-state index in [1.807, 2.05) is 24.3 Å². The molecule has 0 bridgehead atoms. The molecule has 0 unspecified atom stereocenters. The third-order valence-corrected chi connectivity index (χ3v) is 5.41. The molecule has 5 rings (SSSR count). The van der Waals surface area contributed by atoms with Gasteiger partial charge in [-0.05, 0) is 36.4 Å². The number of nitrogens with zero attached hydrogens (tertiary/aromatic N) is 3. The summed E-state index contributed by atoms with van der Waals surface area (Å²) in [5.41, 5.74) is 3.05.